The Morgan fingerprint density at radius 2 is 2.12 bits per heavy atom. The number of nitrogens with one attached hydrogen (secondary N) is 1. The molecule has 1 aromatic carbocycles. The molecule has 0 aliphatic carbocycles. The highest BCUT2D eigenvalue weighted by molar-refractivity contribution is 5.59. The first-order valence-electron chi connectivity index (χ1n) is 10.4. The van der Waals surface area contributed by atoms with Gasteiger partial charge >= 0.3 is 0 Å². The van der Waals surface area contributed by atoms with Crippen LogP contribution in [0.25, 0.3) is 11.3 Å². The second kappa shape index (κ2) is 9.88. The first-order chi connectivity index (χ1) is 15.6. The number of aliphatic hydroxyl groups is 1. The maximum atomic E-state index is 14.7. The summed E-state index contributed by atoms with van der Waals surface area (Å²) >= 11 is 0. The van der Waals surface area contributed by atoms with Gasteiger partial charge in [-0.1, -0.05) is 12.1 Å². The van der Waals surface area contributed by atoms with Gasteiger partial charge in [0.25, 0.3) is 5.56 Å². The van der Waals surface area contributed by atoms with E-state index in [0.29, 0.717) is 30.4 Å². The molecule has 2 aromatic heterocycles. The van der Waals surface area contributed by atoms with Crippen LogP contribution in [0.2, 0.25) is 0 Å². The quantitative estimate of drug-likeness (QED) is 0.583. The van der Waals surface area contributed by atoms with Crippen LogP contribution in [0.4, 0.5) is 10.3 Å². The van der Waals surface area contributed by atoms with Gasteiger partial charge in [0, 0.05) is 48.8 Å². The highest BCUT2D eigenvalue weighted by atomic mass is 19.1. The molecule has 1 fully saturated rings. The number of methoxy groups -OCH3 is 1. The molecule has 1 aliphatic rings. The van der Waals surface area contributed by atoms with E-state index in [1.807, 2.05) is 0 Å². The average molecular weight is 440 g/mol. The van der Waals surface area contributed by atoms with Gasteiger partial charge in [-0.2, -0.15) is 0 Å². The van der Waals surface area contributed by atoms with Crippen LogP contribution in [0.15, 0.2) is 53.6 Å². The highest BCUT2D eigenvalue weighted by Crippen LogP contribution is 2.27. The molecule has 9 heteroatoms. The third-order valence-electron chi connectivity index (χ3n) is 5.53. The number of anilines is 1. The molecular formula is C23H25FN4O4. The van der Waals surface area contributed by atoms with Crippen LogP contribution >= 0.6 is 0 Å². The minimum Gasteiger partial charge on any atom is -0.494 e. The van der Waals surface area contributed by atoms with E-state index in [1.165, 1.54) is 36.1 Å². The van der Waals surface area contributed by atoms with E-state index in [0.717, 1.165) is 12.8 Å². The Hall–Kier alpha value is -3.30. The Labute approximate surface area is 184 Å². The molecule has 1 aliphatic heterocycles. The molecule has 1 atom stereocenters. The van der Waals surface area contributed by atoms with Gasteiger partial charge < -0.3 is 24.5 Å². The summed E-state index contributed by atoms with van der Waals surface area (Å²) in [6, 6.07) is 8.84. The van der Waals surface area contributed by atoms with Gasteiger partial charge in [0.05, 0.1) is 25.5 Å². The number of aliphatic hydroxyl groups excluding tert-OH is 1. The Bertz CT molecular complexity index is 1130. The summed E-state index contributed by atoms with van der Waals surface area (Å²) in [5.41, 5.74) is 0.978. The molecule has 0 radical (unpaired) electrons. The highest BCUT2D eigenvalue weighted by Gasteiger charge is 2.21. The third-order valence-corrected chi connectivity index (χ3v) is 5.53. The second-order valence-corrected chi connectivity index (χ2v) is 7.52. The molecule has 0 saturated carbocycles. The van der Waals surface area contributed by atoms with Crippen molar-refractivity contribution in [3.63, 3.8) is 0 Å². The van der Waals surface area contributed by atoms with E-state index < -0.39 is 18.5 Å². The molecule has 168 valence electrons. The summed E-state index contributed by atoms with van der Waals surface area (Å²) in [7, 11) is 1.37. The van der Waals surface area contributed by atoms with E-state index in [9.17, 15) is 14.3 Å². The second-order valence-electron chi connectivity index (χ2n) is 7.52. The zero-order valence-corrected chi connectivity index (χ0v) is 17.7. The predicted octanol–water partition coefficient (Wildman–Crippen LogP) is 2.63. The average Bonchev–Trinajstić information content (AvgIpc) is 2.82. The van der Waals surface area contributed by atoms with Gasteiger partial charge in [-0.05, 0) is 31.0 Å². The van der Waals surface area contributed by atoms with Crippen molar-refractivity contribution in [2.45, 2.75) is 24.9 Å². The summed E-state index contributed by atoms with van der Waals surface area (Å²) in [6.45, 7) is 0.959. The number of rotatable bonds is 7. The molecule has 1 unspecified atom stereocenters. The summed E-state index contributed by atoms with van der Waals surface area (Å²) in [5.74, 6) is -0.0638. The maximum Gasteiger partial charge on any atom is 0.251 e. The minimum atomic E-state index is -0.886. The normalized spacial score (nSPS) is 15.3. The summed E-state index contributed by atoms with van der Waals surface area (Å²) in [6.07, 6.45) is 4.93. The van der Waals surface area contributed by atoms with Crippen molar-refractivity contribution < 1.29 is 19.0 Å². The number of aromatic nitrogens is 3. The molecular weight excluding hydrogens is 415 g/mol. The van der Waals surface area contributed by atoms with E-state index >= 15 is 0 Å². The van der Waals surface area contributed by atoms with Gasteiger partial charge in [-0.3, -0.25) is 4.79 Å². The van der Waals surface area contributed by atoms with Crippen molar-refractivity contribution in [2.24, 2.45) is 0 Å². The maximum absolute atomic E-state index is 14.7. The lowest BCUT2D eigenvalue weighted by Gasteiger charge is -2.23. The SMILES string of the molecule is COc1cccc(C(CO)n2ccc(-c3ccnc(NC4CCOCC4)n3)cc2=O)c1F. The zero-order valence-electron chi connectivity index (χ0n) is 17.7. The topological polar surface area (TPSA) is 98.5 Å². The van der Waals surface area contributed by atoms with Crippen LogP contribution < -0.4 is 15.6 Å². The van der Waals surface area contributed by atoms with Crippen LogP contribution in [-0.2, 0) is 4.74 Å². The summed E-state index contributed by atoms with van der Waals surface area (Å²) < 4.78 is 26.4. The van der Waals surface area contributed by atoms with Gasteiger partial charge in [0.1, 0.15) is 0 Å². The molecule has 2 N–H and O–H groups in total. The van der Waals surface area contributed by atoms with Crippen LogP contribution in [0.1, 0.15) is 24.4 Å². The standard InChI is InChI=1S/C23H25FN4O4/c1-31-20-4-2-3-17(22(20)24)19(14-29)28-10-6-15(13-21(28)30)18-5-9-25-23(27-18)26-16-7-11-32-12-8-16/h2-6,9-10,13,16,19,29H,7-8,11-12,14H2,1H3,(H,25,26,27). The van der Waals surface area contributed by atoms with Crippen LogP contribution in [0, 0.1) is 5.82 Å². The Kier molecular flexibility index (Phi) is 6.77. The number of halogens is 1. The molecule has 8 nitrogen and oxygen atoms in total. The fraction of sp³-hybridized carbons (Fsp3) is 0.348. The molecule has 0 amide bonds. The smallest absolute Gasteiger partial charge is 0.251 e. The monoisotopic (exact) mass is 440 g/mol. The third kappa shape index (κ3) is 4.63. The molecule has 4 rings (SSSR count). The van der Waals surface area contributed by atoms with E-state index in [4.69, 9.17) is 9.47 Å². The number of hydrogen-bond acceptors (Lipinski definition) is 7. The molecule has 3 heterocycles. The Morgan fingerprint density at radius 3 is 2.84 bits per heavy atom. The Balaban J connectivity index is 1.61. The fourth-order valence-corrected chi connectivity index (χ4v) is 3.80. The van der Waals surface area contributed by atoms with Crippen molar-refractivity contribution in [3.8, 4) is 17.0 Å². The first-order valence-corrected chi connectivity index (χ1v) is 10.4. The van der Waals surface area contributed by atoms with Gasteiger partial charge in [0.2, 0.25) is 5.95 Å². The van der Waals surface area contributed by atoms with Crippen LogP contribution in [0.3, 0.4) is 0 Å². The first kappa shape index (κ1) is 21.9. The van der Waals surface area contributed by atoms with Gasteiger partial charge in [-0.25, -0.2) is 14.4 Å². The van der Waals surface area contributed by atoms with Gasteiger partial charge in [0.15, 0.2) is 11.6 Å². The Morgan fingerprint density at radius 1 is 1.31 bits per heavy atom. The van der Waals surface area contributed by atoms with Crippen molar-refractivity contribution >= 4 is 5.95 Å². The molecule has 32 heavy (non-hydrogen) atoms. The number of benzene rings is 1. The van der Waals surface area contributed by atoms with E-state index in [2.05, 4.69) is 15.3 Å². The van der Waals surface area contributed by atoms with Crippen molar-refractivity contribution in [3.05, 3.63) is 70.5 Å². The number of pyridine rings is 1. The number of ether oxygens (including phenoxy) is 2. The lowest BCUT2D eigenvalue weighted by Crippen LogP contribution is -2.28. The number of nitrogens with zero attached hydrogens (tertiary/aromatic N) is 3. The van der Waals surface area contributed by atoms with Crippen molar-refractivity contribution in [2.75, 3.05) is 32.2 Å². The van der Waals surface area contributed by atoms with Crippen molar-refractivity contribution in [1.82, 2.24) is 14.5 Å². The van der Waals surface area contributed by atoms with E-state index in [-0.39, 0.29) is 22.9 Å². The lowest BCUT2D eigenvalue weighted by molar-refractivity contribution is 0.0903. The van der Waals surface area contributed by atoms with Crippen LogP contribution in [-0.4, -0.2) is 52.6 Å². The lowest BCUT2D eigenvalue weighted by atomic mass is 10.1. The fourth-order valence-electron chi connectivity index (χ4n) is 3.80. The minimum absolute atomic E-state index is 0.0520. The predicted molar refractivity (Wildman–Crippen MR) is 117 cm³/mol. The zero-order chi connectivity index (χ0) is 22.5. The van der Waals surface area contributed by atoms with Crippen LogP contribution in [0.5, 0.6) is 5.75 Å². The summed E-state index contributed by atoms with van der Waals surface area (Å²) in [5, 5.41) is 13.2. The van der Waals surface area contributed by atoms with Gasteiger partial charge in [-0.15, -0.1) is 0 Å². The largest absolute Gasteiger partial charge is 0.494 e. The summed E-state index contributed by atoms with van der Waals surface area (Å²) in [4.78, 5) is 21.7. The van der Waals surface area contributed by atoms with E-state index in [1.54, 1.807) is 24.4 Å². The molecule has 1 saturated heterocycles. The number of hydrogen-bond donors (Lipinski definition) is 2. The molecule has 3 aromatic rings. The van der Waals surface area contributed by atoms with Crippen molar-refractivity contribution in [1.29, 1.82) is 0 Å². The molecule has 0 bridgehead atoms. The molecule has 0 spiro atoms.